The van der Waals surface area contributed by atoms with Gasteiger partial charge in [0.25, 0.3) is 0 Å². The summed E-state index contributed by atoms with van der Waals surface area (Å²) in [7, 11) is 0. The van der Waals surface area contributed by atoms with Gasteiger partial charge in [-0.3, -0.25) is 0 Å². The van der Waals surface area contributed by atoms with Gasteiger partial charge in [0.2, 0.25) is 11.2 Å². The molecular weight excluding hydrogens is 236 g/mol. The number of ether oxygens (including phenoxy) is 1. The Morgan fingerprint density at radius 3 is 2.76 bits per heavy atom. The highest BCUT2D eigenvalue weighted by Gasteiger charge is 2.03. The molecule has 4 heteroatoms. The monoisotopic (exact) mass is 248 g/mol. The minimum absolute atomic E-state index is 0.183. The number of rotatable bonds is 3. The lowest BCUT2D eigenvalue weighted by molar-refractivity contribution is 0.460. The van der Waals surface area contributed by atoms with Crippen molar-refractivity contribution in [2.24, 2.45) is 0 Å². The van der Waals surface area contributed by atoms with Crippen LogP contribution >= 0.6 is 11.6 Å². The van der Waals surface area contributed by atoms with Gasteiger partial charge in [-0.15, -0.1) is 0 Å². The van der Waals surface area contributed by atoms with Gasteiger partial charge in [0, 0.05) is 12.3 Å². The molecule has 0 N–H and O–H groups in total. The third-order valence-corrected chi connectivity index (χ3v) is 2.53. The van der Waals surface area contributed by atoms with Crippen LogP contribution in [0.2, 0.25) is 5.28 Å². The maximum Gasteiger partial charge on any atom is 0.225 e. The van der Waals surface area contributed by atoms with Crippen LogP contribution in [0.1, 0.15) is 25.3 Å². The summed E-state index contributed by atoms with van der Waals surface area (Å²) in [5.41, 5.74) is 1.22. The Morgan fingerprint density at radius 1 is 1.24 bits per heavy atom. The highest BCUT2D eigenvalue weighted by atomic mass is 35.5. The van der Waals surface area contributed by atoms with Gasteiger partial charge in [0.1, 0.15) is 5.75 Å². The average Bonchev–Trinajstić information content (AvgIpc) is 2.29. The SMILES string of the molecule is CC(C)c1cccc(Oc2ccnc(Cl)n2)c1. The van der Waals surface area contributed by atoms with Crippen LogP contribution in [0.25, 0.3) is 0 Å². The largest absolute Gasteiger partial charge is 0.439 e. The Labute approximate surface area is 105 Å². The van der Waals surface area contributed by atoms with E-state index in [4.69, 9.17) is 16.3 Å². The van der Waals surface area contributed by atoms with Crippen molar-refractivity contribution in [3.63, 3.8) is 0 Å². The highest BCUT2D eigenvalue weighted by molar-refractivity contribution is 6.28. The molecule has 0 radical (unpaired) electrons. The van der Waals surface area contributed by atoms with Crippen LogP contribution in [0.4, 0.5) is 0 Å². The highest BCUT2D eigenvalue weighted by Crippen LogP contribution is 2.24. The lowest BCUT2D eigenvalue weighted by Crippen LogP contribution is -1.92. The zero-order valence-electron chi connectivity index (χ0n) is 9.72. The Balaban J connectivity index is 2.21. The summed E-state index contributed by atoms with van der Waals surface area (Å²) < 4.78 is 5.61. The van der Waals surface area contributed by atoms with E-state index < -0.39 is 0 Å². The Hall–Kier alpha value is -1.61. The number of halogens is 1. The molecule has 88 valence electrons. The van der Waals surface area contributed by atoms with Crippen LogP contribution in [0.15, 0.2) is 36.5 Å². The fraction of sp³-hybridized carbons (Fsp3) is 0.231. The van der Waals surface area contributed by atoms with Gasteiger partial charge in [0.15, 0.2) is 0 Å². The van der Waals surface area contributed by atoms with E-state index in [9.17, 15) is 0 Å². The van der Waals surface area contributed by atoms with E-state index >= 15 is 0 Å². The van der Waals surface area contributed by atoms with Gasteiger partial charge in [-0.05, 0) is 35.2 Å². The first kappa shape index (κ1) is 11.9. The van der Waals surface area contributed by atoms with Crippen LogP contribution in [0.3, 0.4) is 0 Å². The van der Waals surface area contributed by atoms with Crippen LogP contribution < -0.4 is 4.74 Å². The summed E-state index contributed by atoms with van der Waals surface area (Å²) in [5.74, 6) is 1.67. The van der Waals surface area contributed by atoms with E-state index in [0.717, 1.165) is 5.75 Å². The fourth-order valence-electron chi connectivity index (χ4n) is 1.43. The molecule has 0 atom stereocenters. The minimum Gasteiger partial charge on any atom is -0.439 e. The first-order valence-corrected chi connectivity index (χ1v) is 5.79. The van der Waals surface area contributed by atoms with Crippen molar-refractivity contribution >= 4 is 11.6 Å². The maximum absolute atomic E-state index is 5.69. The molecule has 1 heterocycles. The van der Waals surface area contributed by atoms with Crippen molar-refractivity contribution in [3.8, 4) is 11.6 Å². The lowest BCUT2D eigenvalue weighted by atomic mass is 10.0. The smallest absolute Gasteiger partial charge is 0.225 e. The summed E-state index contributed by atoms with van der Waals surface area (Å²) in [6.07, 6.45) is 1.57. The molecule has 0 amide bonds. The molecule has 0 aliphatic carbocycles. The van der Waals surface area contributed by atoms with Crippen molar-refractivity contribution in [2.45, 2.75) is 19.8 Å². The van der Waals surface area contributed by atoms with Crippen molar-refractivity contribution < 1.29 is 4.74 Å². The lowest BCUT2D eigenvalue weighted by Gasteiger charge is -2.08. The van der Waals surface area contributed by atoms with Gasteiger partial charge in [-0.1, -0.05) is 26.0 Å². The maximum atomic E-state index is 5.69. The number of hydrogen-bond acceptors (Lipinski definition) is 3. The molecule has 0 unspecified atom stereocenters. The third kappa shape index (κ3) is 3.17. The second-order valence-corrected chi connectivity index (χ2v) is 4.33. The predicted octanol–water partition coefficient (Wildman–Crippen LogP) is 4.05. The normalized spacial score (nSPS) is 10.6. The van der Waals surface area contributed by atoms with E-state index in [0.29, 0.717) is 11.8 Å². The zero-order chi connectivity index (χ0) is 12.3. The molecule has 0 aliphatic rings. The van der Waals surface area contributed by atoms with E-state index in [1.165, 1.54) is 5.56 Å². The summed E-state index contributed by atoms with van der Waals surface area (Å²) in [5, 5.41) is 0.183. The average molecular weight is 249 g/mol. The van der Waals surface area contributed by atoms with Crippen molar-refractivity contribution in [1.82, 2.24) is 9.97 Å². The van der Waals surface area contributed by atoms with Gasteiger partial charge >= 0.3 is 0 Å². The molecule has 3 nitrogen and oxygen atoms in total. The number of aromatic nitrogens is 2. The van der Waals surface area contributed by atoms with Crippen molar-refractivity contribution in [3.05, 3.63) is 47.4 Å². The molecule has 0 spiro atoms. The number of hydrogen-bond donors (Lipinski definition) is 0. The predicted molar refractivity (Wildman–Crippen MR) is 67.6 cm³/mol. The molecule has 0 saturated heterocycles. The zero-order valence-corrected chi connectivity index (χ0v) is 10.5. The summed E-state index contributed by atoms with van der Waals surface area (Å²) in [4.78, 5) is 7.78. The van der Waals surface area contributed by atoms with Crippen molar-refractivity contribution in [2.75, 3.05) is 0 Å². The van der Waals surface area contributed by atoms with Gasteiger partial charge < -0.3 is 4.74 Å². The molecule has 0 bridgehead atoms. The summed E-state index contributed by atoms with van der Waals surface area (Å²) in [6.45, 7) is 4.28. The molecule has 0 fully saturated rings. The quantitative estimate of drug-likeness (QED) is 0.769. The molecule has 2 rings (SSSR count). The Bertz CT molecular complexity index is 514. The molecule has 0 aliphatic heterocycles. The first-order valence-electron chi connectivity index (χ1n) is 5.41. The molecule has 17 heavy (non-hydrogen) atoms. The van der Waals surface area contributed by atoms with Crippen LogP contribution in [0, 0.1) is 0 Å². The summed E-state index contributed by atoms with van der Waals surface area (Å²) in [6, 6.07) is 9.61. The second kappa shape index (κ2) is 5.15. The Kier molecular flexibility index (Phi) is 3.59. The van der Waals surface area contributed by atoms with Gasteiger partial charge in [-0.25, -0.2) is 4.98 Å². The molecular formula is C13H13ClN2O. The second-order valence-electron chi connectivity index (χ2n) is 3.99. The van der Waals surface area contributed by atoms with Gasteiger partial charge in [0.05, 0.1) is 0 Å². The Morgan fingerprint density at radius 2 is 2.06 bits per heavy atom. The molecule has 2 aromatic rings. The first-order chi connectivity index (χ1) is 8.15. The third-order valence-electron chi connectivity index (χ3n) is 2.35. The standard InChI is InChI=1S/C13H13ClN2O/c1-9(2)10-4-3-5-11(8-10)17-12-6-7-15-13(14)16-12/h3-9H,1-2H3. The molecule has 1 aromatic heterocycles. The van der Waals surface area contributed by atoms with Crippen molar-refractivity contribution in [1.29, 1.82) is 0 Å². The fourth-order valence-corrected chi connectivity index (χ4v) is 1.57. The number of nitrogens with zero attached hydrogens (tertiary/aromatic N) is 2. The molecule has 1 aromatic carbocycles. The van der Waals surface area contributed by atoms with Gasteiger partial charge in [-0.2, -0.15) is 4.98 Å². The summed E-state index contributed by atoms with van der Waals surface area (Å²) >= 11 is 5.69. The minimum atomic E-state index is 0.183. The van der Waals surface area contributed by atoms with E-state index in [1.54, 1.807) is 12.3 Å². The molecule has 0 saturated carbocycles. The van der Waals surface area contributed by atoms with E-state index in [-0.39, 0.29) is 5.28 Å². The van der Waals surface area contributed by atoms with Crippen LogP contribution in [-0.4, -0.2) is 9.97 Å². The van der Waals surface area contributed by atoms with Crippen LogP contribution in [0.5, 0.6) is 11.6 Å². The van der Waals surface area contributed by atoms with Crippen LogP contribution in [-0.2, 0) is 0 Å². The topological polar surface area (TPSA) is 35.0 Å². The van der Waals surface area contributed by atoms with E-state index in [1.807, 2.05) is 18.2 Å². The number of benzene rings is 1. The van der Waals surface area contributed by atoms with E-state index in [2.05, 4.69) is 29.9 Å².